The van der Waals surface area contributed by atoms with Crippen molar-refractivity contribution in [2.24, 2.45) is 29.2 Å². The number of aliphatic hydroxyl groups excluding tert-OH is 1. The maximum atomic E-state index is 14.2. The van der Waals surface area contributed by atoms with Crippen LogP contribution in [-0.4, -0.2) is 159 Å². The van der Waals surface area contributed by atoms with Crippen LogP contribution in [-0.2, 0) is 59.2 Å². The number of rotatable bonds is 34. The summed E-state index contributed by atoms with van der Waals surface area (Å²) < 4.78 is 0. The summed E-state index contributed by atoms with van der Waals surface area (Å²) in [7, 11) is 0. The van der Waals surface area contributed by atoms with Gasteiger partial charge in [0.05, 0.1) is 6.61 Å². The van der Waals surface area contributed by atoms with E-state index in [0.717, 1.165) is 0 Å². The molecule has 0 aromatic heterocycles. The molecule has 410 valence electrons. The Kier molecular flexibility index (Phi) is 28.7. The zero-order valence-corrected chi connectivity index (χ0v) is 43.5. The summed E-state index contributed by atoms with van der Waals surface area (Å²) in [5.74, 6) is -11.4. The molecule has 0 spiro atoms. The highest BCUT2D eigenvalue weighted by atomic mass is 32.2. The van der Waals surface area contributed by atoms with Gasteiger partial charge in [-0.25, -0.2) is 4.79 Å². The molecule has 16 N–H and O–H groups in total. The number of aliphatic hydroxyl groups is 1. The molecular formula is C47H76N10O15S. The molecule has 1 rings (SSSR count). The number of amides is 9. The van der Waals surface area contributed by atoms with Crippen molar-refractivity contribution in [2.45, 2.75) is 154 Å². The molecule has 0 saturated carbocycles. The highest BCUT2D eigenvalue weighted by Crippen LogP contribution is 2.14. The van der Waals surface area contributed by atoms with Crippen molar-refractivity contribution in [3.63, 3.8) is 0 Å². The molecule has 0 heterocycles. The number of carboxylic acid groups (broad SMARTS) is 2. The fraction of sp³-hybridized carbons (Fsp3) is 0.638. The fourth-order valence-electron chi connectivity index (χ4n) is 6.97. The number of hydrogen-bond acceptors (Lipinski definition) is 15. The lowest BCUT2D eigenvalue weighted by Crippen LogP contribution is -2.60. The van der Waals surface area contributed by atoms with Gasteiger partial charge in [0.1, 0.15) is 60.1 Å². The third-order valence-corrected chi connectivity index (χ3v) is 11.7. The van der Waals surface area contributed by atoms with Gasteiger partial charge in [0.2, 0.25) is 53.2 Å². The lowest BCUT2D eigenvalue weighted by molar-refractivity contribution is -0.143. The Morgan fingerprint density at radius 1 is 0.548 bits per heavy atom. The Balaban J connectivity index is 3.50. The minimum Gasteiger partial charge on any atom is -0.508 e. The van der Waals surface area contributed by atoms with Gasteiger partial charge in [0.25, 0.3) is 0 Å². The second-order valence-corrected chi connectivity index (χ2v) is 19.8. The van der Waals surface area contributed by atoms with Crippen LogP contribution in [0.1, 0.15) is 99.0 Å². The van der Waals surface area contributed by atoms with Gasteiger partial charge in [-0.15, -0.1) is 0 Å². The number of carboxylic acids is 2. The Bertz CT molecular complexity index is 2060. The molecule has 1 aromatic carbocycles. The second kappa shape index (κ2) is 32.5. The van der Waals surface area contributed by atoms with Crippen molar-refractivity contribution >= 4 is 76.9 Å². The standard InChI is InChI=1S/C47H76N10O15S/c1-23(2)19-33(44(68)50-26(7)39(63)57-38(25(5)6)46(70)56-35(47(71)72)20-24(3)4)54-42(66)31(14-16-37(61)62)52-41(65)30(13-15-36(49)60)53-45(69)34(21-27-9-11-28(59)12-10-27)55-43(67)32(17-18-73-8)51-40(64)29(48)22-58/h9-12,23-26,29-35,38,58-59H,13-22,48H2,1-8H3,(H2,49,60)(H,50,68)(H,51,64)(H,52,65)(H,53,69)(H,54,66)(H,55,67)(H,56,70)(H,57,63)(H,61,62)(H,71,72)/t26-,29-,30-,31-,32-,33-,34-,35-,38-/m0/s1. The van der Waals surface area contributed by atoms with Crippen LogP contribution in [0.3, 0.4) is 0 Å². The molecule has 25 nitrogen and oxygen atoms in total. The summed E-state index contributed by atoms with van der Waals surface area (Å²) >= 11 is 1.35. The predicted molar refractivity (Wildman–Crippen MR) is 268 cm³/mol. The van der Waals surface area contributed by atoms with Crippen LogP contribution in [0.4, 0.5) is 0 Å². The van der Waals surface area contributed by atoms with Gasteiger partial charge >= 0.3 is 11.9 Å². The molecule has 9 atom stereocenters. The van der Waals surface area contributed by atoms with Gasteiger partial charge in [-0.1, -0.05) is 53.7 Å². The van der Waals surface area contributed by atoms with E-state index < -0.39 is 158 Å². The molecule has 0 aliphatic carbocycles. The van der Waals surface area contributed by atoms with Crippen LogP contribution >= 0.6 is 11.8 Å². The highest BCUT2D eigenvalue weighted by molar-refractivity contribution is 7.98. The number of hydrogen-bond donors (Lipinski definition) is 14. The number of phenolic OH excluding ortho intramolecular Hbond substituents is 1. The number of carbonyl (C=O) groups excluding carboxylic acids is 9. The molecule has 0 unspecified atom stereocenters. The number of benzene rings is 1. The molecule has 26 heteroatoms. The average molecular weight is 1050 g/mol. The highest BCUT2D eigenvalue weighted by Gasteiger charge is 2.35. The van der Waals surface area contributed by atoms with E-state index in [-0.39, 0.29) is 43.3 Å². The molecule has 1 aromatic rings. The van der Waals surface area contributed by atoms with Crippen LogP contribution < -0.4 is 54.0 Å². The van der Waals surface area contributed by atoms with E-state index in [9.17, 15) is 73.2 Å². The number of carbonyl (C=O) groups is 11. The van der Waals surface area contributed by atoms with Gasteiger partial charge in [-0.2, -0.15) is 11.8 Å². The molecule has 0 bridgehead atoms. The summed E-state index contributed by atoms with van der Waals surface area (Å²) in [6.07, 6.45) is -0.498. The van der Waals surface area contributed by atoms with Crippen molar-refractivity contribution in [1.29, 1.82) is 0 Å². The first-order valence-electron chi connectivity index (χ1n) is 23.9. The Labute approximate surface area is 429 Å². The zero-order chi connectivity index (χ0) is 55.7. The molecule has 0 aliphatic heterocycles. The average Bonchev–Trinajstić information content (AvgIpc) is 3.30. The smallest absolute Gasteiger partial charge is 0.326 e. The van der Waals surface area contributed by atoms with Crippen molar-refractivity contribution in [3.8, 4) is 5.75 Å². The maximum Gasteiger partial charge on any atom is 0.326 e. The largest absolute Gasteiger partial charge is 0.508 e. The third-order valence-electron chi connectivity index (χ3n) is 11.0. The summed E-state index contributed by atoms with van der Waals surface area (Å²) in [6, 6.07) is -7.04. The van der Waals surface area contributed by atoms with Gasteiger partial charge in [0, 0.05) is 19.3 Å². The van der Waals surface area contributed by atoms with E-state index in [0.29, 0.717) is 11.3 Å². The van der Waals surface area contributed by atoms with Crippen LogP contribution in [0.15, 0.2) is 24.3 Å². The SMILES string of the molecule is CSCC[C@H](NC(=O)[C@@H](N)CO)C(=O)N[C@@H](Cc1ccc(O)cc1)C(=O)N[C@@H](CCC(N)=O)C(=O)N[C@@H](CCC(=O)O)C(=O)N[C@@H](CC(C)C)C(=O)N[C@@H](C)C(=O)N[C@H](C(=O)N[C@@H](CC(C)C)C(=O)O)C(C)C. The van der Waals surface area contributed by atoms with Crippen LogP contribution in [0, 0.1) is 17.8 Å². The second-order valence-electron chi connectivity index (χ2n) is 18.8. The molecule has 73 heavy (non-hydrogen) atoms. The summed E-state index contributed by atoms with van der Waals surface area (Å²) in [5.41, 5.74) is 11.5. The lowest BCUT2D eigenvalue weighted by Gasteiger charge is -2.28. The summed E-state index contributed by atoms with van der Waals surface area (Å²) in [6.45, 7) is 10.8. The third kappa shape index (κ3) is 24.6. The predicted octanol–water partition coefficient (Wildman–Crippen LogP) is -2.13. The number of nitrogens with two attached hydrogens (primary N) is 2. The minimum atomic E-state index is -1.69. The van der Waals surface area contributed by atoms with E-state index >= 15 is 0 Å². The lowest BCUT2D eigenvalue weighted by atomic mass is 10.00. The van der Waals surface area contributed by atoms with Crippen LogP contribution in [0.2, 0.25) is 0 Å². The van der Waals surface area contributed by atoms with Crippen molar-refractivity contribution in [2.75, 3.05) is 18.6 Å². The van der Waals surface area contributed by atoms with Crippen LogP contribution in [0.5, 0.6) is 5.75 Å². The summed E-state index contributed by atoms with van der Waals surface area (Å²) in [4.78, 5) is 144. The Morgan fingerprint density at radius 2 is 0.986 bits per heavy atom. The molecule has 0 aliphatic rings. The summed E-state index contributed by atoms with van der Waals surface area (Å²) in [5, 5.41) is 58.3. The van der Waals surface area contributed by atoms with E-state index in [1.807, 2.05) is 0 Å². The van der Waals surface area contributed by atoms with Crippen LogP contribution in [0.25, 0.3) is 0 Å². The zero-order valence-electron chi connectivity index (χ0n) is 42.7. The molecule has 0 saturated heterocycles. The minimum absolute atomic E-state index is 0.0313. The molecule has 0 radical (unpaired) electrons. The van der Waals surface area contributed by atoms with Crippen molar-refractivity contribution in [1.82, 2.24) is 42.5 Å². The topological polar surface area (TPSA) is 417 Å². The molecular weight excluding hydrogens is 977 g/mol. The first kappa shape index (κ1) is 64.5. The van der Waals surface area contributed by atoms with Crippen molar-refractivity contribution in [3.05, 3.63) is 29.8 Å². The quantitative estimate of drug-likeness (QED) is 0.0351. The first-order valence-corrected chi connectivity index (χ1v) is 25.3. The number of primary amides is 1. The van der Waals surface area contributed by atoms with E-state index in [1.54, 1.807) is 47.8 Å². The molecule has 9 amide bonds. The van der Waals surface area contributed by atoms with Gasteiger partial charge < -0.3 is 74.4 Å². The molecule has 0 fully saturated rings. The first-order chi connectivity index (χ1) is 34.1. The van der Waals surface area contributed by atoms with E-state index in [1.165, 1.54) is 43.0 Å². The normalized spacial score (nSPS) is 14.9. The number of nitrogens with one attached hydrogen (secondary N) is 8. The fourth-order valence-corrected chi connectivity index (χ4v) is 7.45. The van der Waals surface area contributed by atoms with E-state index in [2.05, 4.69) is 42.5 Å². The Hall–Kier alpha value is -6.54. The van der Waals surface area contributed by atoms with Gasteiger partial charge in [0.15, 0.2) is 0 Å². The maximum absolute atomic E-state index is 14.2. The number of phenols is 1. The number of aromatic hydroxyl groups is 1. The van der Waals surface area contributed by atoms with Gasteiger partial charge in [-0.3, -0.25) is 47.9 Å². The monoisotopic (exact) mass is 1050 g/mol. The Morgan fingerprint density at radius 3 is 1.45 bits per heavy atom. The van der Waals surface area contributed by atoms with E-state index in [4.69, 9.17) is 11.5 Å². The van der Waals surface area contributed by atoms with Gasteiger partial charge in [-0.05, 0) is 86.5 Å². The van der Waals surface area contributed by atoms with Crippen molar-refractivity contribution < 1.29 is 73.2 Å². The number of thioether (sulfide) groups is 1. The number of aliphatic carboxylic acids is 2.